The molecule has 0 amide bonds. The Kier molecular flexibility index (Phi) is 3.19. The van der Waals surface area contributed by atoms with E-state index in [4.69, 9.17) is 16.3 Å². The lowest BCUT2D eigenvalue weighted by atomic mass is 10.2. The molecule has 4 nitrogen and oxygen atoms in total. The average molecular weight is 255 g/mol. The van der Waals surface area contributed by atoms with Gasteiger partial charge in [0.25, 0.3) is 0 Å². The van der Waals surface area contributed by atoms with Gasteiger partial charge >= 0.3 is 5.97 Å². The van der Waals surface area contributed by atoms with Crippen molar-refractivity contribution >= 4 is 28.6 Å². The molecule has 2 aromatic rings. The fourth-order valence-corrected chi connectivity index (χ4v) is 1.65. The number of ether oxygens (including phenoxy) is 1. The largest absolute Gasteiger partial charge is 0.462 e. The molecule has 0 aliphatic heterocycles. The van der Waals surface area contributed by atoms with Crippen molar-refractivity contribution in [3.8, 4) is 0 Å². The number of hydrogen-bond acceptors (Lipinski definition) is 4. The molecule has 2 aromatic heterocycles. The summed E-state index contributed by atoms with van der Waals surface area (Å²) >= 11 is 6.02. The molecule has 0 aliphatic rings. The summed E-state index contributed by atoms with van der Waals surface area (Å²) in [5, 5.41) is 0.583. The van der Waals surface area contributed by atoms with Gasteiger partial charge in [-0.15, -0.1) is 0 Å². The van der Waals surface area contributed by atoms with Crippen LogP contribution < -0.4 is 0 Å². The predicted octanol–water partition coefficient (Wildman–Crippen LogP) is 2.60. The first-order valence-electron chi connectivity index (χ1n) is 4.91. The highest BCUT2D eigenvalue weighted by atomic mass is 35.5. The smallest absolute Gasteiger partial charge is 0.341 e. The van der Waals surface area contributed by atoms with Gasteiger partial charge in [0.1, 0.15) is 0 Å². The molecule has 0 aromatic carbocycles. The second-order valence-corrected chi connectivity index (χ2v) is 3.59. The van der Waals surface area contributed by atoms with Crippen LogP contribution in [-0.2, 0) is 4.74 Å². The molecule has 0 N–H and O–H groups in total. The van der Waals surface area contributed by atoms with Crippen LogP contribution in [-0.4, -0.2) is 22.5 Å². The molecule has 0 unspecified atom stereocenters. The predicted molar refractivity (Wildman–Crippen MR) is 60.5 cm³/mol. The normalized spacial score (nSPS) is 10.5. The van der Waals surface area contributed by atoms with E-state index in [1.54, 1.807) is 6.92 Å². The van der Waals surface area contributed by atoms with Crippen LogP contribution in [0.3, 0.4) is 0 Å². The minimum Gasteiger partial charge on any atom is -0.462 e. The van der Waals surface area contributed by atoms with E-state index in [1.165, 1.54) is 12.3 Å². The summed E-state index contributed by atoms with van der Waals surface area (Å²) < 4.78 is 17.7. The van der Waals surface area contributed by atoms with Crippen molar-refractivity contribution in [1.82, 2.24) is 9.97 Å². The molecule has 6 heteroatoms. The van der Waals surface area contributed by atoms with E-state index >= 15 is 0 Å². The van der Waals surface area contributed by atoms with Crippen molar-refractivity contribution in [1.29, 1.82) is 0 Å². The minimum atomic E-state index is -0.648. The van der Waals surface area contributed by atoms with Crippen molar-refractivity contribution in [2.45, 2.75) is 6.92 Å². The molecule has 0 saturated heterocycles. The Labute approximate surface area is 101 Å². The van der Waals surface area contributed by atoms with Gasteiger partial charge in [-0.25, -0.2) is 9.78 Å². The van der Waals surface area contributed by atoms with Gasteiger partial charge in [-0.2, -0.15) is 9.37 Å². The van der Waals surface area contributed by atoms with Crippen LogP contribution >= 0.6 is 11.6 Å². The molecule has 17 heavy (non-hydrogen) atoms. The van der Waals surface area contributed by atoms with Crippen LogP contribution in [0.2, 0.25) is 5.02 Å². The van der Waals surface area contributed by atoms with Crippen LogP contribution in [0.4, 0.5) is 4.39 Å². The third-order valence-corrected chi connectivity index (χ3v) is 2.53. The zero-order chi connectivity index (χ0) is 12.4. The number of hydrogen-bond donors (Lipinski definition) is 0. The topological polar surface area (TPSA) is 52.1 Å². The van der Waals surface area contributed by atoms with E-state index in [9.17, 15) is 9.18 Å². The summed E-state index contributed by atoms with van der Waals surface area (Å²) in [5.74, 6) is -1.21. The minimum absolute atomic E-state index is 0.148. The second kappa shape index (κ2) is 4.63. The first-order valence-corrected chi connectivity index (χ1v) is 5.29. The second-order valence-electron chi connectivity index (χ2n) is 3.21. The van der Waals surface area contributed by atoms with Crippen molar-refractivity contribution < 1.29 is 13.9 Å². The molecule has 0 fully saturated rings. The van der Waals surface area contributed by atoms with Crippen LogP contribution in [0, 0.1) is 5.95 Å². The van der Waals surface area contributed by atoms with E-state index in [2.05, 4.69) is 9.97 Å². The van der Waals surface area contributed by atoms with E-state index in [0.717, 1.165) is 6.07 Å². The van der Waals surface area contributed by atoms with Gasteiger partial charge in [0.05, 0.1) is 17.2 Å². The Hall–Kier alpha value is -1.75. The molecular weight excluding hydrogens is 247 g/mol. The third kappa shape index (κ3) is 2.19. The maximum Gasteiger partial charge on any atom is 0.341 e. The molecule has 0 spiro atoms. The standard InChI is InChI=1S/C11H8ClFN2O2/c1-2-17-11(16)7-5-14-10-6(9(7)12)3-4-8(13)15-10/h3-5H,2H2,1H3. The van der Waals surface area contributed by atoms with Crippen molar-refractivity contribution in [2.24, 2.45) is 0 Å². The maximum atomic E-state index is 12.9. The fraction of sp³-hybridized carbons (Fsp3) is 0.182. The lowest BCUT2D eigenvalue weighted by Gasteiger charge is -2.05. The number of fused-ring (bicyclic) bond motifs is 1. The summed E-state index contributed by atoms with van der Waals surface area (Å²) in [6, 6.07) is 2.58. The molecule has 0 bridgehead atoms. The van der Waals surface area contributed by atoms with Gasteiger partial charge in [0, 0.05) is 11.6 Å². The van der Waals surface area contributed by atoms with Crippen LogP contribution in [0.1, 0.15) is 17.3 Å². The van der Waals surface area contributed by atoms with E-state index in [1.807, 2.05) is 0 Å². The lowest BCUT2D eigenvalue weighted by molar-refractivity contribution is 0.0526. The summed E-state index contributed by atoms with van der Waals surface area (Å²) in [4.78, 5) is 19.0. The van der Waals surface area contributed by atoms with Gasteiger partial charge in [-0.1, -0.05) is 11.6 Å². The van der Waals surface area contributed by atoms with Gasteiger partial charge in [-0.05, 0) is 19.1 Å². The number of halogens is 2. The van der Waals surface area contributed by atoms with Crippen molar-refractivity contribution in [2.75, 3.05) is 6.61 Å². The number of rotatable bonds is 2. The van der Waals surface area contributed by atoms with Crippen molar-refractivity contribution in [3.05, 3.63) is 34.9 Å². The zero-order valence-corrected chi connectivity index (χ0v) is 9.66. The van der Waals surface area contributed by atoms with Crippen LogP contribution in [0.15, 0.2) is 18.3 Å². The molecule has 2 heterocycles. The Morgan fingerprint density at radius 2 is 2.29 bits per heavy atom. The summed E-state index contributed by atoms with van der Waals surface area (Å²) in [5.41, 5.74) is 0.303. The Morgan fingerprint density at radius 3 is 3.00 bits per heavy atom. The van der Waals surface area contributed by atoms with Crippen molar-refractivity contribution in [3.63, 3.8) is 0 Å². The first kappa shape index (κ1) is 11.7. The molecule has 0 radical (unpaired) electrons. The van der Waals surface area contributed by atoms with Gasteiger partial charge in [-0.3, -0.25) is 0 Å². The highest BCUT2D eigenvalue weighted by Crippen LogP contribution is 2.25. The summed E-state index contributed by atoms with van der Waals surface area (Å²) in [6.45, 7) is 1.94. The van der Waals surface area contributed by atoms with Crippen LogP contribution in [0.5, 0.6) is 0 Å². The molecule has 2 rings (SSSR count). The molecule has 88 valence electrons. The Bertz CT molecular complexity index is 589. The van der Waals surface area contributed by atoms with E-state index in [0.29, 0.717) is 5.39 Å². The number of nitrogens with zero attached hydrogens (tertiary/aromatic N) is 2. The number of carbonyl (C=O) groups is 1. The quantitative estimate of drug-likeness (QED) is 0.611. The summed E-state index contributed by atoms with van der Waals surface area (Å²) in [7, 11) is 0. The fourth-order valence-electron chi connectivity index (χ4n) is 1.37. The molecule has 0 atom stereocenters. The molecule has 0 saturated carbocycles. The number of esters is 1. The monoisotopic (exact) mass is 254 g/mol. The maximum absolute atomic E-state index is 12.9. The number of pyridine rings is 2. The lowest BCUT2D eigenvalue weighted by Crippen LogP contribution is -2.06. The highest BCUT2D eigenvalue weighted by Gasteiger charge is 2.15. The van der Waals surface area contributed by atoms with Crippen LogP contribution in [0.25, 0.3) is 11.0 Å². The Morgan fingerprint density at radius 1 is 1.53 bits per heavy atom. The van der Waals surface area contributed by atoms with Gasteiger partial charge in [0.2, 0.25) is 5.95 Å². The molecular formula is C11H8ClFN2O2. The number of aromatic nitrogens is 2. The van der Waals surface area contributed by atoms with E-state index < -0.39 is 11.9 Å². The molecule has 0 aliphatic carbocycles. The Balaban J connectivity index is 2.58. The zero-order valence-electron chi connectivity index (χ0n) is 8.91. The third-order valence-electron chi connectivity index (χ3n) is 2.13. The highest BCUT2D eigenvalue weighted by molar-refractivity contribution is 6.38. The van der Waals surface area contributed by atoms with Gasteiger partial charge in [0.15, 0.2) is 5.65 Å². The van der Waals surface area contributed by atoms with Gasteiger partial charge < -0.3 is 4.74 Å². The number of carbonyl (C=O) groups excluding carboxylic acids is 1. The first-order chi connectivity index (χ1) is 8.13. The average Bonchev–Trinajstić information content (AvgIpc) is 2.29. The SMILES string of the molecule is CCOC(=O)c1cnc2nc(F)ccc2c1Cl. The summed E-state index contributed by atoms with van der Waals surface area (Å²) in [6.07, 6.45) is 1.23. The van der Waals surface area contributed by atoms with E-state index in [-0.39, 0.29) is 22.8 Å².